The molecule has 170 valence electrons. The maximum absolute atomic E-state index is 15.0. The summed E-state index contributed by atoms with van der Waals surface area (Å²) in [6.07, 6.45) is 9.46. The number of pyridine rings is 1. The first-order valence-corrected chi connectivity index (χ1v) is 11.7. The number of halogens is 2. The van der Waals surface area contributed by atoms with Gasteiger partial charge in [-0.2, -0.15) is 5.10 Å². The highest BCUT2D eigenvalue weighted by Crippen LogP contribution is 2.40. The van der Waals surface area contributed by atoms with E-state index >= 15 is 4.39 Å². The Hall–Kier alpha value is -2.61. The Bertz CT molecular complexity index is 1150. The lowest BCUT2D eigenvalue weighted by Crippen LogP contribution is -2.45. The molecule has 0 spiro atoms. The minimum absolute atomic E-state index is 0.0886. The number of anilines is 1. The first kappa shape index (κ1) is 21.2. The molecule has 0 radical (unpaired) electrons. The lowest BCUT2D eigenvalue weighted by molar-refractivity contribution is -0.131. The molecule has 32 heavy (non-hydrogen) atoms. The molecule has 1 amide bonds. The number of aromatic nitrogens is 4. The van der Waals surface area contributed by atoms with E-state index in [4.69, 9.17) is 11.6 Å². The van der Waals surface area contributed by atoms with E-state index in [1.165, 1.54) is 19.8 Å². The maximum atomic E-state index is 15.0. The number of amides is 1. The van der Waals surface area contributed by atoms with E-state index in [-0.39, 0.29) is 12.5 Å². The molecule has 4 heterocycles. The van der Waals surface area contributed by atoms with Gasteiger partial charge < -0.3 is 15.2 Å². The number of carbonyl (C=O) groups excluding carboxylic acids is 1. The van der Waals surface area contributed by atoms with Crippen LogP contribution >= 0.6 is 11.6 Å². The third-order valence-electron chi connectivity index (χ3n) is 6.96. The molecule has 1 unspecified atom stereocenters. The van der Waals surface area contributed by atoms with Crippen LogP contribution in [0.2, 0.25) is 5.02 Å². The molecule has 3 aromatic rings. The minimum atomic E-state index is -1.16. The van der Waals surface area contributed by atoms with E-state index in [0.29, 0.717) is 24.0 Å². The third kappa shape index (κ3) is 3.64. The van der Waals surface area contributed by atoms with Crippen LogP contribution in [0.1, 0.15) is 50.8 Å². The molecule has 2 atom stereocenters. The molecule has 1 aliphatic heterocycles. The number of carbonyl (C=O) groups is 1. The number of H-pyrrole nitrogens is 1. The van der Waals surface area contributed by atoms with Gasteiger partial charge in [0.25, 0.3) is 0 Å². The largest absolute Gasteiger partial charge is 0.381 e. The summed E-state index contributed by atoms with van der Waals surface area (Å²) in [5, 5.41) is 9.80. The van der Waals surface area contributed by atoms with Crippen molar-refractivity contribution < 1.29 is 9.18 Å². The van der Waals surface area contributed by atoms with Gasteiger partial charge >= 0.3 is 0 Å². The first-order chi connectivity index (χ1) is 15.4. The SMILES string of the molecule is CC(=O)N1CCC(n2ncc(-c3cnc4[nH]cc(Cl)c4c3NC3CCCC3)c2C)[C@@H](F)C1. The second-order valence-corrected chi connectivity index (χ2v) is 9.37. The van der Waals surface area contributed by atoms with Crippen molar-refractivity contribution in [2.24, 2.45) is 0 Å². The predicted octanol–water partition coefficient (Wildman–Crippen LogP) is 4.87. The van der Waals surface area contributed by atoms with Gasteiger partial charge in [-0.1, -0.05) is 24.4 Å². The van der Waals surface area contributed by atoms with E-state index in [9.17, 15) is 4.79 Å². The Morgan fingerprint density at radius 1 is 1.25 bits per heavy atom. The number of fused-ring (bicyclic) bond motifs is 1. The van der Waals surface area contributed by atoms with Gasteiger partial charge in [0, 0.05) is 48.7 Å². The summed E-state index contributed by atoms with van der Waals surface area (Å²) in [5.41, 5.74) is 4.42. The number of piperidine rings is 1. The average molecular weight is 459 g/mol. The summed E-state index contributed by atoms with van der Waals surface area (Å²) in [6.45, 7) is 4.10. The van der Waals surface area contributed by atoms with Crippen LogP contribution in [-0.2, 0) is 4.79 Å². The molecule has 0 bridgehead atoms. The Balaban J connectivity index is 1.53. The van der Waals surface area contributed by atoms with Crippen LogP contribution in [0.4, 0.5) is 10.1 Å². The number of hydrogen-bond donors (Lipinski definition) is 2. The van der Waals surface area contributed by atoms with E-state index in [0.717, 1.165) is 46.4 Å². The molecule has 9 heteroatoms. The Labute approximate surface area is 191 Å². The molecule has 7 nitrogen and oxygen atoms in total. The fourth-order valence-electron chi connectivity index (χ4n) is 5.16. The number of likely N-dealkylation sites (tertiary alicyclic amines) is 1. The van der Waals surface area contributed by atoms with Crippen LogP contribution in [0.25, 0.3) is 22.2 Å². The van der Waals surface area contributed by atoms with Crippen molar-refractivity contribution in [3.05, 3.63) is 29.3 Å². The summed E-state index contributed by atoms with van der Waals surface area (Å²) >= 11 is 6.53. The number of aromatic amines is 1. The molecule has 1 saturated heterocycles. The average Bonchev–Trinajstić information content (AvgIpc) is 3.50. The first-order valence-electron chi connectivity index (χ1n) is 11.3. The molecule has 2 aliphatic rings. The lowest BCUT2D eigenvalue weighted by Gasteiger charge is -2.34. The summed E-state index contributed by atoms with van der Waals surface area (Å²) in [6, 6.07) is 0.00456. The summed E-state index contributed by atoms with van der Waals surface area (Å²) in [5.74, 6) is -0.0886. The minimum Gasteiger partial charge on any atom is -0.381 e. The molecule has 5 rings (SSSR count). The Morgan fingerprint density at radius 3 is 2.75 bits per heavy atom. The lowest BCUT2D eigenvalue weighted by atomic mass is 10.0. The van der Waals surface area contributed by atoms with E-state index in [2.05, 4.69) is 20.4 Å². The molecular weight excluding hydrogens is 431 g/mol. The zero-order chi connectivity index (χ0) is 22.4. The van der Waals surface area contributed by atoms with Crippen molar-refractivity contribution in [2.75, 3.05) is 18.4 Å². The Kier molecular flexibility index (Phi) is 5.57. The van der Waals surface area contributed by atoms with Crippen molar-refractivity contribution in [3.8, 4) is 11.1 Å². The highest BCUT2D eigenvalue weighted by molar-refractivity contribution is 6.36. The summed E-state index contributed by atoms with van der Waals surface area (Å²) in [7, 11) is 0. The van der Waals surface area contributed by atoms with Crippen LogP contribution in [0, 0.1) is 6.92 Å². The van der Waals surface area contributed by atoms with Crippen molar-refractivity contribution >= 4 is 34.2 Å². The molecular formula is C23H28ClFN6O. The highest BCUT2D eigenvalue weighted by atomic mass is 35.5. The quantitative estimate of drug-likeness (QED) is 0.584. The fourth-order valence-corrected chi connectivity index (χ4v) is 5.40. The second-order valence-electron chi connectivity index (χ2n) is 8.96. The van der Waals surface area contributed by atoms with Crippen LogP contribution in [0.5, 0.6) is 0 Å². The van der Waals surface area contributed by atoms with Gasteiger partial charge in [0.15, 0.2) is 0 Å². The maximum Gasteiger partial charge on any atom is 0.219 e. The van der Waals surface area contributed by atoms with Crippen LogP contribution in [0.3, 0.4) is 0 Å². The number of alkyl halides is 1. The molecule has 1 saturated carbocycles. The molecule has 1 aliphatic carbocycles. The van der Waals surface area contributed by atoms with Crippen molar-refractivity contribution in [1.82, 2.24) is 24.6 Å². The fraction of sp³-hybridized carbons (Fsp3) is 0.522. The van der Waals surface area contributed by atoms with Crippen LogP contribution in [0.15, 0.2) is 18.6 Å². The Morgan fingerprint density at radius 2 is 2.03 bits per heavy atom. The van der Waals surface area contributed by atoms with Crippen molar-refractivity contribution in [3.63, 3.8) is 0 Å². The van der Waals surface area contributed by atoms with E-state index in [1.54, 1.807) is 22.0 Å². The molecule has 3 aromatic heterocycles. The van der Waals surface area contributed by atoms with Gasteiger partial charge in [-0.3, -0.25) is 9.48 Å². The van der Waals surface area contributed by atoms with Crippen molar-refractivity contribution in [2.45, 2.75) is 64.2 Å². The topological polar surface area (TPSA) is 78.8 Å². The highest BCUT2D eigenvalue weighted by Gasteiger charge is 2.33. The standard InChI is InChI=1S/C23H28ClFN6O/c1-13-16(10-28-31(13)20-7-8-30(14(2)32)12-19(20)25)17-9-26-23-21(18(24)11-27-23)22(17)29-15-5-3-4-6-15/h9-11,15,19-20H,3-8,12H2,1-2H3,(H2,26,27,29)/t19-,20?/m0/s1. The van der Waals surface area contributed by atoms with Crippen LogP contribution in [-0.4, -0.2) is 55.9 Å². The number of rotatable bonds is 4. The number of hydrogen-bond acceptors (Lipinski definition) is 4. The molecule has 0 aromatic carbocycles. The normalized spacial score (nSPS) is 22.1. The smallest absolute Gasteiger partial charge is 0.219 e. The summed E-state index contributed by atoms with van der Waals surface area (Å²) < 4.78 is 16.8. The second kappa shape index (κ2) is 8.39. The van der Waals surface area contributed by atoms with E-state index in [1.807, 2.05) is 13.1 Å². The van der Waals surface area contributed by atoms with E-state index < -0.39 is 12.2 Å². The van der Waals surface area contributed by atoms with Crippen LogP contribution < -0.4 is 5.32 Å². The van der Waals surface area contributed by atoms with Gasteiger partial charge in [-0.25, -0.2) is 9.37 Å². The molecule has 2 fully saturated rings. The monoisotopic (exact) mass is 458 g/mol. The van der Waals surface area contributed by atoms with Gasteiger partial charge in [0.2, 0.25) is 5.91 Å². The van der Waals surface area contributed by atoms with Crippen molar-refractivity contribution in [1.29, 1.82) is 0 Å². The summed E-state index contributed by atoms with van der Waals surface area (Å²) in [4.78, 5) is 20.9. The van der Waals surface area contributed by atoms with Gasteiger partial charge in [0.05, 0.1) is 34.9 Å². The predicted molar refractivity (Wildman–Crippen MR) is 124 cm³/mol. The third-order valence-corrected chi connectivity index (χ3v) is 7.26. The van der Waals surface area contributed by atoms with Gasteiger partial charge in [-0.15, -0.1) is 0 Å². The zero-order valence-corrected chi connectivity index (χ0v) is 19.1. The number of nitrogens with zero attached hydrogens (tertiary/aromatic N) is 4. The molecule has 2 N–H and O–H groups in total. The number of nitrogens with one attached hydrogen (secondary N) is 2. The van der Waals surface area contributed by atoms with Gasteiger partial charge in [0.1, 0.15) is 11.8 Å². The van der Waals surface area contributed by atoms with Gasteiger partial charge in [-0.05, 0) is 26.2 Å². The zero-order valence-electron chi connectivity index (χ0n) is 18.4.